The van der Waals surface area contributed by atoms with Gasteiger partial charge < -0.3 is 10.2 Å². The van der Waals surface area contributed by atoms with Crippen molar-refractivity contribution in [1.82, 2.24) is 9.88 Å². The fraction of sp³-hybridized carbons (Fsp3) is 0.333. The predicted molar refractivity (Wildman–Crippen MR) is 132 cm³/mol. The number of amides is 1. The molecule has 2 aromatic carbocycles. The molecule has 184 valence electrons. The number of benzene rings is 2. The Kier molecular flexibility index (Phi) is 7.65. The lowest BCUT2D eigenvalue weighted by molar-refractivity contribution is -0.137. The number of nitrogens with zero attached hydrogens (tertiary/aromatic N) is 2. The van der Waals surface area contributed by atoms with Crippen LogP contribution in [0.5, 0.6) is 0 Å². The van der Waals surface area contributed by atoms with E-state index in [0.29, 0.717) is 34.4 Å². The van der Waals surface area contributed by atoms with E-state index < -0.39 is 11.7 Å². The Morgan fingerprint density at radius 2 is 1.86 bits per heavy atom. The fourth-order valence-corrected chi connectivity index (χ4v) is 4.41. The fourth-order valence-electron chi connectivity index (χ4n) is 4.25. The number of aromatic nitrogens is 1. The molecule has 4 rings (SSSR count). The SMILES string of the molecule is CNc1ncc(Cl)cc1C(=O)N(CCc1cccc(C(F)(F)F)c1)Cc1ccc(C2CCC2)cc1. The van der Waals surface area contributed by atoms with Crippen LogP contribution in [-0.2, 0) is 19.1 Å². The van der Waals surface area contributed by atoms with Gasteiger partial charge in [0.2, 0.25) is 0 Å². The van der Waals surface area contributed by atoms with Crippen molar-refractivity contribution in [2.24, 2.45) is 0 Å². The van der Waals surface area contributed by atoms with Gasteiger partial charge in [-0.15, -0.1) is 0 Å². The van der Waals surface area contributed by atoms with Gasteiger partial charge >= 0.3 is 6.18 Å². The van der Waals surface area contributed by atoms with Gasteiger partial charge in [-0.25, -0.2) is 4.98 Å². The molecule has 1 aromatic heterocycles. The molecule has 1 N–H and O–H groups in total. The number of alkyl halides is 3. The summed E-state index contributed by atoms with van der Waals surface area (Å²) in [4.78, 5) is 19.4. The van der Waals surface area contributed by atoms with Crippen molar-refractivity contribution in [3.8, 4) is 0 Å². The van der Waals surface area contributed by atoms with E-state index in [1.165, 1.54) is 37.1 Å². The zero-order chi connectivity index (χ0) is 25.0. The lowest BCUT2D eigenvalue weighted by Crippen LogP contribution is -2.33. The Morgan fingerprint density at radius 1 is 1.11 bits per heavy atom. The molecular weight excluding hydrogens is 475 g/mol. The number of rotatable bonds is 8. The highest BCUT2D eigenvalue weighted by Crippen LogP contribution is 2.36. The van der Waals surface area contributed by atoms with Crippen molar-refractivity contribution in [3.63, 3.8) is 0 Å². The lowest BCUT2D eigenvalue weighted by Gasteiger charge is -2.27. The molecule has 1 fully saturated rings. The summed E-state index contributed by atoms with van der Waals surface area (Å²) in [5.41, 5.74) is 2.38. The molecule has 3 aromatic rings. The summed E-state index contributed by atoms with van der Waals surface area (Å²) in [5.74, 6) is 0.710. The highest BCUT2D eigenvalue weighted by molar-refractivity contribution is 6.31. The van der Waals surface area contributed by atoms with Crippen LogP contribution >= 0.6 is 11.6 Å². The van der Waals surface area contributed by atoms with E-state index in [-0.39, 0.29) is 18.9 Å². The van der Waals surface area contributed by atoms with Gasteiger partial charge in [0.15, 0.2) is 0 Å². The minimum absolute atomic E-state index is 0.236. The van der Waals surface area contributed by atoms with Crippen LogP contribution in [0.15, 0.2) is 60.8 Å². The summed E-state index contributed by atoms with van der Waals surface area (Å²) >= 11 is 6.11. The third kappa shape index (κ3) is 6.14. The number of carbonyl (C=O) groups excluding carboxylic acids is 1. The molecule has 1 amide bonds. The molecule has 35 heavy (non-hydrogen) atoms. The zero-order valence-electron chi connectivity index (χ0n) is 19.4. The van der Waals surface area contributed by atoms with Crippen LogP contribution in [0.1, 0.15) is 57.8 Å². The van der Waals surface area contributed by atoms with Gasteiger partial charge in [-0.2, -0.15) is 13.2 Å². The van der Waals surface area contributed by atoms with E-state index in [1.54, 1.807) is 24.1 Å². The minimum atomic E-state index is -4.41. The van der Waals surface area contributed by atoms with Gasteiger partial charge in [0.1, 0.15) is 5.82 Å². The van der Waals surface area contributed by atoms with Gasteiger partial charge in [-0.3, -0.25) is 4.79 Å². The predicted octanol–water partition coefficient (Wildman–Crippen LogP) is 6.95. The first-order valence-corrected chi connectivity index (χ1v) is 12.0. The van der Waals surface area contributed by atoms with E-state index in [0.717, 1.165) is 17.7 Å². The van der Waals surface area contributed by atoms with Crippen LogP contribution in [0.4, 0.5) is 19.0 Å². The summed E-state index contributed by atoms with van der Waals surface area (Å²) in [6.45, 7) is 0.554. The van der Waals surface area contributed by atoms with Crippen molar-refractivity contribution in [2.75, 3.05) is 18.9 Å². The molecule has 1 aliphatic carbocycles. The summed E-state index contributed by atoms with van der Waals surface area (Å²) in [6, 6.07) is 15.0. The third-order valence-corrected chi connectivity index (χ3v) is 6.67. The van der Waals surface area contributed by atoms with E-state index >= 15 is 0 Å². The highest BCUT2D eigenvalue weighted by atomic mass is 35.5. The number of halogens is 4. The van der Waals surface area contributed by atoms with Crippen LogP contribution in [0, 0.1) is 0 Å². The number of carbonyl (C=O) groups is 1. The number of hydrogen-bond donors (Lipinski definition) is 1. The Morgan fingerprint density at radius 3 is 2.49 bits per heavy atom. The molecule has 0 unspecified atom stereocenters. The smallest absolute Gasteiger partial charge is 0.372 e. The van der Waals surface area contributed by atoms with Gasteiger partial charge in [-0.05, 0) is 54.0 Å². The van der Waals surface area contributed by atoms with Crippen molar-refractivity contribution in [2.45, 2.75) is 44.3 Å². The molecule has 0 aliphatic heterocycles. The Hall–Kier alpha value is -3.06. The largest absolute Gasteiger partial charge is 0.416 e. The molecule has 0 atom stereocenters. The van der Waals surface area contributed by atoms with Crippen LogP contribution < -0.4 is 5.32 Å². The van der Waals surface area contributed by atoms with Crippen LogP contribution in [-0.4, -0.2) is 29.4 Å². The molecule has 4 nitrogen and oxygen atoms in total. The lowest BCUT2D eigenvalue weighted by atomic mass is 9.80. The molecule has 1 aliphatic rings. The molecule has 0 radical (unpaired) electrons. The van der Waals surface area contributed by atoms with Crippen molar-refractivity contribution >= 4 is 23.3 Å². The normalized spacial score (nSPS) is 13.9. The van der Waals surface area contributed by atoms with Crippen LogP contribution in [0.25, 0.3) is 0 Å². The average molecular weight is 502 g/mol. The van der Waals surface area contributed by atoms with E-state index in [1.807, 2.05) is 12.1 Å². The number of anilines is 1. The average Bonchev–Trinajstić information content (AvgIpc) is 2.81. The Labute approximate surface area is 208 Å². The van der Waals surface area contributed by atoms with Gasteiger partial charge in [0.25, 0.3) is 5.91 Å². The maximum atomic E-state index is 13.6. The van der Waals surface area contributed by atoms with E-state index in [4.69, 9.17) is 11.6 Å². The maximum absolute atomic E-state index is 13.6. The molecule has 1 saturated carbocycles. The first-order valence-electron chi connectivity index (χ1n) is 11.6. The van der Waals surface area contributed by atoms with Crippen LogP contribution in [0.2, 0.25) is 5.02 Å². The second-order valence-electron chi connectivity index (χ2n) is 8.84. The van der Waals surface area contributed by atoms with E-state index in [9.17, 15) is 18.0 Å². The maximum Gasteiger partial charge on any atom is 0.416 e. The van der Waals surface area contributed by atoms with E-state index in [2.05, 4.69) is 22.4 Å². The molecule has 0 spiro atoms. The third-order valence-electron chi connectivity index (χ3n) is 6.46. The molecule has 0 saturated heterocycles. The number of pyridine rings is 1. The standard InChI is InChI=1S/C27H27ClF3N3O/c1-32-25-24(15-23(28)16-33-25)26(35)34(13-12-18-4-2-7-22(14-18)27(29,30)31)17-19-8-10-21(11-9-19)20-5-3-6-20/h2,4,7-11,14-16,20H,3,5-6,12-13,17H2,1H3,(H,32,33). The summed E-state index contributed by atoms with van der Waals surface area (Å²) in [5, 5.41) is 3.24. The highest BCUT2D eigenvalue weighted by Gasteiger charge is 2.30. The summed E-state index contributed by atoms with van der Waals surface area (Å²) < 4.78 is 39.5. The number of nitrogens with one attached hydrogen (secondary N) is 1. The monoisotopic (exact) mass is 501 g/mol. The molecule has 1 heterocycles. The Bertz CT molecular complexity index is 1180. The zero-order valence-corrected chi connectivity index (χ0v) is 20.2. The second-order valence-corrected chi connectivity index (χ2v) is 9.28. The van der Waals surface area contributed by atoms with Gasteiger partial charge in [0, 0.05) is 26.3 Å². The van der Waals surface area contributed by atoms with Crippen molar-refractivity contribution in [3.05, 3.63) is 93.6 Å². The first-order chi connectivity index (χ1) is 16.7. The van der Waals surface area contributed by atoms with Crippen molar-refractivity contribution in [1.29, 1.82) is 0 Å². The minimum Gasteiger partial charge on any atom is -0.372 e. The topological polar surface area (TPSA) is 45.2 Å². The van der Waals surface area contributed by atoms with Crippen molar-refractivity contribution < 1.29 is 18.0 Å². The summed E-state index contributed by atoms with van der Waals surface area (Å²) in [6.07, 6.45) is 0.980. The first kappa shape index (κ1) is 25.0. The van der Waals surface area contributed by atoms with Crippen LogP contribution in [0.3, 0.4) is 0 Å². The van der Waals surface area contributed by atoms with Gasteiger partial charge in [-0.1, -0.05) is 60.5 Å². The number of hydrogen-bond acceptors (Lipinski definition) is 3. The quantitative estimate of drug-likeness (QED) is 0.363. The molecule has 8 heteroatoms. The molecule has 0 bridgehead atoms. The summed E-state index contributed by atoms with van der Waals surface area (Å²) in [7, 11) is 1.67. The van der Waals surface area contributed by atoms with Gasteiger partial charge in [0.05, 0.1) is 16.1 Å². The second kappa shape index (κ2) is 10.7. The molecular formula is C27H27ClF3N3O. The Balaban J connectivity index is 1.57.